The number of hydrogen-bond acceptors (Lipinski definition) is 4. The maximum absolute atomic E-state index is 14.6. The lowest BCUT2D eigenvalue weighted by Crippen LogP contribution is -2.32. The van der Waals surface area contributed by atoms with Gasteiger partial charge in [0.1, 0.15) is 0 Å². The second-order valence-corrected chi connectivity index (χ2v) is 14.2. The van der Waals surface area contributed by atoms with E-state index in [4.69, 9.17) is 0 Å². The van der Waals surface area contributed by atoms with Crippen molar-refractivity contribution < 1.29 is 23.0 Å². The molecule has 0 heterocycles. The van der Waals surface area contributed by atoms with Crippen molar-refractivity contribution in [1.82, 2.24) is 0 Å². The normalized spacial score (nSPS) is 34.4. The topological polar surface area (TPSA) is 74.6 Å². The summed E-state index contributed by atoms with van der Waals surface area (Å²) in [4.78, 5) is 0. The van der Waals surface area contributed by atoms with E-state index in [0.29, 0.717) is 30.8 Å². The Bertz CT molecular complexity index is 1040. The highest BCUT2D eigenvalue weighted by atomic mass is 32.2. The number of rotatable bonds is 5. The van der Waals surface area contributed by atoms with Crippen LogP contribution in [0.5, 0.6) is 0 Å². The maximum atomic E-state index is 14.6. The molecule has 0 unspecified atom stereocenters. The monoisotopic (exact) mass is 492 g/mol. The fraction of sp³-hybridized carbons (Fsp3) is 0.643. The quantitative estimate of drug-likeness (QED) is 0.455. The summed E-state index contributed by atoms with van der Waals surface area (Å²) in [5.41, 5.74) is 4.22. The Hall–Kier alpha value is -1.50. The van der Waals surface area contributed by atoms with Gasteiger partial charge in [0.2, 0.25) is 15.0 Å². The van der Waals surface area contributed by atoms with Crippen LogP contribution in [0, 0.1) is 17.3 Å². The summed E-state index contributed by atoms with van der Waals surface area (Å²) in [5.74, 6) is 0.409. The molecule has 0 aromatic heterocycles. The summed E-state index contributed by atoms with van der Waals surface area (Å²) < 4.78 is 38.2. The molecule has 0 bridgehead atoms. The smallest absolute Gasteiger partial charge is 0.211 e. The van der Waals surface area contributed by atoms with Gasteiger partial charge in [-0.1, -0.05) is 49.8 Å². The second-order valence-electron chi connectivity index (χ2n) is 11.5. The number of sulfone groups is 1. The Morgan fingerprint density at radius 2 is 2.00 bits per heavy atom. The second kappa shape index (κ2) is 9.87. The average Bonchev–Trinajstić information content (AvgIpc) is 3.09. The van der Waals surface area contributed by atoms with Crippen LogP contribution < -0.4 is 0 Å². The lowest BCUT2D eigenvalue weighted by molar-refractivity contribution is 0.0862. The number of fused-ring (bicyclic) bond motifs is 1. The van der Waals surface area contributed by atoms with Crippen molar-refractivity contribution in [3.8, 4) is 0 Å². The van der Waals surface area contributed by atoms with Gasteiger partial charge in [0.05, 0.1) is 17.0 Å². The van der Waals surface area contributed by atoms with Crippen LogP contribution in [0.4, 0.5) is 4.39 Å². The molecule has 190 valence electrons. The molecule has 0 saturated heterocycles. The molecule has 0 radical (unpaired) electrons. The minimum absolute atomic E-state index is 0.0299. The van der Waals surface area contributed by atoms with E-state index in [9.17, 15) is 23.0 Å². The van der Waals surface area contributed by atoms with Crippen LogP contribution in [0.2, 0.25) is 0 Å². The van der Waals surface area contributed by atoms with Crippen molar-refractivity contribution in [2.24, 2.45) is 17.3 Å². The third-order valence-electron chi connectivity index (χ3n) is 8.10. The van der Waals surface area contributed by atoms with E-state index >= 15 is 0 Å². The van der Waals surface area contributed by atoms with Gasteiger partial charge in [0.15, 0.2) is 0 Å². The average molecular weight is 493 g/mol. The zero-order valence-electron chi connectivity index (χ0n) is 21.3. The van der Waals surface area contributed by atoms with Gasteiger partial charge in [-0.2, -0.15) is 4.39 Å². The number of aliphatic hydroxyl groups is 2. The molecule has 3 rings (SSSR count). The van der Waals surface area contributed by atoms with Crippen molar-refractivity contribution in [1.29, 1.82) is 0 Å². The van der Waals surface area contributed by atoms with Crippen LogP contribution in [0.3, 0.4) is 0 Å². The molecule has 4 nitrogen and oxygen atoms in total. The molecule has 34 heavy (non-hydrogen) atoms. The van der Waals surface area contributed by atoms with Gasteiger partial charge in [-0.3, -0.25) is 0 Å². The molecule has 0 spiro atoms. The van der Waals surface area contributed by atoms with Gasteiger partial charge in [0.25, 0.3) is 0 Å². The molecule has 3 aliphatic rings. The summed E-state index contributed by atoms with van der Waals surface area (Å²) >= 11 is 0. The van der Waals surface area contributed by atoms with E-state index in [1.807, 2.05) is 6.08 Å². The molecule has 5 atom stereocenters. The lowest BCUT2D eigenvalue weighted by Gasteiger charge is -2.42. The largest absolute Gasteiger partial charge is 0.393 e. The molecule has 2 N–H and O–H groups in total. The highest BCUT2D eigenvalue weighted by Crippen LogP contribution is 2.57. The van der Waals surface area contributed by atoms with Gasteiger partial charge >= 0.3 is 0 Å². The van der Waals surface area contributed by atoms with Gasteiger partial charge in [0, 0.05) is 6.42 Å². The first-order valence-electron chi connectivity index (χ1n) is 12.4. The predicted octanol–water partition coefficient (Wildman–Crippen LogP) is 6.10. The Morgan fingerprint density at radius 1 is 1.32 bits per heavy atom. The Labute approximate surface area is 205 Å². The van der Waals surface area contributed by atoms with E-state index in [1.165, 1.54) is 38.0 Å². The van der Waals surface area contributed by atoms with Gasteiger partial charge in [-0.15, -0.1) is 0 Å². The number of allylic oxidation sites excluding steroid dienone is 6. The summed E-state index contributed by atoms with van der Waals surface area (Å²) in [6.07, 6.45) is 11.7. The zero-order valence-corrected chi connectivity index (χ0v) is 22.1. The Kier molecular flexibility index (Phi) is 7.86. The van der Waals surface area contributed by atoms with E-state index in [2.05, 4.69) is 32.6 Å². The first-order chi connectivity index (χ1) is 15.7. The van der Waals surface area contributed by atoms with Gasteiger partial charge in [-0.05, 0) is 93.8 Å². The maximum Gasteiger partial charge on any atom is 0.211 e. The first-order valence-corrected chi connectivity index (χ1v) is 13.9. The van der Waals surface area contributed by atoms with Crippen molar-refractivity contribution in [2.75, 3.05) is 0 Å². The van der Waals surface area contributed by atoms with Crippen LogP contribution in [0.25, 0.3) is 0 Å². The number of aliphatic hydroxyl groups excluding tert-OH is 2. The molecule has 3 aliphatic carbocycles. The van der Waals surface area contributed by atoms with Crippen molar-refractivity contribution in [3.63, 3.8) is 0 Å². The standard InChI is InChI=1S/C28H41FO4S/c1-18(9-14-26(29)34(32,33)27(3,4)5)23-12-13-24-20(8-7-15-28(23,24)6)10-11-21-16-22(30)17-25(31)19(21)2/h10-12,14,18,22,24-25,30-31H,2,7-9,13,15-17H2,1,3-6H3/t18-,22-,24+,25+,28-/m1/s1. The van der Waals surface area contributed by atoms with E-state index in [-0.39, 0.29) is 11.3 Å². The van der Waals surface area contributed by atoms with Crippen LogP contribution in [-0.2, 0) is 9.84 Å². The zero-order chi connectivity index (χ0) is 25.5. The van der Waals surface area contributed by atoms with Gasteiger partial charge < -0.3 is 10.2 Å². The first kappa shape index (κ1) is 27.1. The minimum atomic E-state index is -3.96. The molecule has 6 heteroatoms. The van der Waals surface area contributed by atoms with E-state index < -0.39 is 32.0 Å². The molecule has 0 amide bonds. The van der Waals surface area contributed by atoms with Crippen molar-refractivity contribution >= 4 is 9.84 Å². The molecule has 0 aliphatic heterocycles. The summed E-state index contributed by atoms with van der Waals surface area (Å²) in [6, 6.07) is 0. The summed E-state index contributed by atoms with van der Waals surface area (Å²) in [6.45, 7) is 12.9. The third-order valence-corrected chi connectivity index (χ3v) is 10.4. The number of halogens is 1. The predicted molar refractivity (Wildman–Crippen MR) is 136 cm³/mol. The molecule has 2 saturated carbocycles. The van der Waals surface area contributed by atoms with E-state index in [1.54, 1.807) is 0 Å². The van der Waals surface area contributed by atoms with Crippen molar-refractivity contribution in [3.05, 3.63) is 58.3 Å². The lowest BCUT2D eigenvalue weighted by atomic mass is 9.62. The highest BCUT2D eigenvalue weighted by Gasteiger charge is 2.46. The molecule has 0 aromatic rings. The fourth-order valence-corrected chi connectivity index (χ4v) is 6.78. The third kappa shape index (κ3) is 5.19. The fourth-order valence-electron chi connectivity index (χ4n) is 5.88. The summed E-state index contributed by atoms with van der Waals surface area (Å²) in [5, 5.41) is 19.1. The molecule has 0 aromatic carbocycles. The highest BCUT2D eigenvalue weighted by molar-refractivity contribution is 7.96. The van der Waals surface area contributed by atoms with Crippen LogP contribution >= 0.6 is 0 Å². The minimum Gasteiger partial charge on any atom is -0.393 e. The Morgan fingerprint density at radius 3 is 2.65 bits per heavy atom. The SMILES string of the molecule is C=C1C(=CC=C2CCC[C@]3(C)C([C@H](C)CC=C(F)S(=O)(=O)C(C)(C)C)=CC[C@@H]23)C[C@@H](O)C[C@@H]1O. The van der Waals surface area contributed by atoms with E-state index in [0.717, 1.165) is 31.3 Å². The Balaban J connectivity index is 1.77. The molecule has 2 fully saturated rings. The molecular formula is C28H41FO4S. The van der Waals surface area contributed by atoms with Crippen LogP contribution in [0.15, 0.2) is 58.3 Å². The summed E-state index contributed by atoms with van der Waals surface area (Å²) in [7, 11) is -3.96. The molecular weight excluding hydrogens is 451 g/mol. The van der Waals surface area contributed by atoms with Crippen LogP contribution in [-0.4, -0.2) is 35.6 Å². The van der Waals surface area contributed by atoms with Crippen LogP contribution in [0.1, 0.15) is 79.6 Å². The number of hydrogen-bond donors (Lipinski definition) is 2. The van der Waals surface area contributed by atoms with Crippen molar-refractivity contribution in [2.45, 2.75) is 96.5 Å². The van der Waals surface area contributed by atoms with Gasteiger partial charge in [-0.25, -0.2) is 8.42 Å².